The van der Waals surface area contributed by atoms with E-state index in [9.17, 15) is 4.79 Å². The highest BCUT2D eigenvalue weighted by Crippen LogP contribution is 2.17. The van der Waals surface area contributed by atoms with Gasteiger partial charge >= 0.3 is 0 Å². The second kappa shape index (κ2) is 14.9. The van der Waals surface area contributed by atoms with Crippen molar-refractivity contribution in [3.8, 4) is 0 Å². The van der Waals surface area contributed by atoms with E-state index in [0.717, 1.165) is 19.4 Å². The Morgan fingerprint density at radius 1 is 0.871 bits per heavy atom. The molecule has 1 aromatic carbocycles. The molecule has 1 atom stereocenters. The number of nitrogens with zero attached hydrogens (tertiary/aromatic N) is 2. The van der Waals surface area contributed by atoms with Crippen molar-refractivity contribution in [3.05, 3.63) is 59.9 Å². The van der Waals surface area contributed by atoms with Crippen molar-refractivity contribution in [2.75, 3.05) is 0 Å². The lowest BCUT2D eigenvalue weighted by Gasteiger charge is -2.29. The number of unbranched alkanes of at least 4 members (excludes halogenated alkanes) is 8. The minimum Gasteiger partial charge on any atom is -0.345 e. The van der Waals surface area contributed by atoms with Crippen LogP contribution in [0.15, 0.2) is 48.7 Å². The molecule has 31 heavy (non-hydrogen) atoms. The SMILES string of the molecule is CCCCCCCCCCCC(=O)N(Cc1cccn1Cc1ccccc1)C(C)CC. The van der Waals surface area contributed by atoms with Gasteiger partial charge in [0.15, 0.2) is 0 Å². The number of hydrogen-bond donors (Lipinski definition) is 0. The van der Waals surface area contributed by atoms with E-state index < -0.39 is 0 Å². The molecule has 0 saturated carbocycles. The number of carbonyl (C=O) groups is 1. The Labute approximate surface area is 190 Å². The standard InChI is InChI=1S/C28H44N2O/c1-4-6-7-8-9-10-11-12-16-21-28(31)30(25(3)5-2)24-27-20-17-22-29(27)23-26-18-14-13-15-19-26/h13-15,17-20,22,25H,4-12,16,21,23-24H2,1-3H3. The maximum atomic E-state index is 13.1. The summed E-state index contributed by atoms with van der Waals surface area (Å²) < 4.78 is 2.27. The van der Waals surface area contributed by atoms with Crippen LogP contribution < -0.4 is 0 Å². The molecule has 1 heterocycles. The molecule has 0 radical (unpaired) electrons. The molecule has 3 nitrogen and oxygen atoms in total. The quantitative estimate of drug-likeness (QED) is 0.255. The van der Waals surface area contributed by atoms with Crippen LogP contribution >= 0.6 is 0 Å². The first-order chi connectivity index (χ1) is 15.2. The third kappa shape index (κ3) is 9.33. The molecule has 0 aliphatic rings. The van der Waals surface area contributed by atoms with E-state index in [1.807, 2.05) is 0 Å². The molecule has 0 aliphatic heterocycles. The van der Waals surface area contributed by atoms with E-state index in [2.05, 4.69) is 78.9 Å². The van der Waals surface area contributed by atoms with E-state index in [-0.39, 0.29) is 6.04 Å². The number of hydrogen-bond acceptors (Lipinski definition) is 1. The number of aromatic nitrogens is 1. The maximum Gasteiger partial charge on any atom is 0.223 e. The van der Waals surface area contributed by atoms with Crippen molar-refractivity contribution in [1.82, 2.24) is 9.47 Å². The summed E-state index contributed by atoms with van der Waals surface area (Å²) in [5.74, 6) is 0.310. The van der Waals surface area contributed by atoms with Gasteiger partial charge in [0, 0.05) is 30.9 Å². The molecular formula is C28H44N2O. The Kier molecular flexibility index (Phi) is 12.1. The molecule has 172 valence electrons. The normalized spacial score (nSPS) is 12.1. The molecule has 0 saturated heterocycles. The number of amides is 1. The molecule has 2 aromatic rings. The molecule has 0 aliphatic carbocycles. The summed E-state index contributed by atoms with van der Waals surface area (Å²) in [6.45, 7) is 8.17. The molecule has 1 amide bonds. The Balaban J connectivity index is 1.81. The smallest absolute Gasteiger partial charge is 0.223 e. The van der Waals surface area contributed by atoms with Crippen LogP contribution in [0.4, 0.5) is 0 Å². The summed E-state index contributed by atoms with van der Waals surface area (Å²) in [5, 5.41) is 0. The summed E-state index contributed by atoms with van der Waals surface area (Å²) in [6, 6.07) is 15.1. The predicted octanol–water partition coefficient (Wildman–Crippen LogP) is 7.58. The van der Waals surface area contributed by atoms with Gasteiger partial charge in [0.05, 0.1) is 6.54 Å². The van der Waals surface area contributed by atoms with Crippen LogP contribution in [0, 0.1) is 0 Å². The average Bonchev–Trinajstić information content (AvgIpc) is 3.22. The third-order valence-corrected chi connectivity index (χ3v) is 6.39. The van der Waals surface area contributed by atoms with E-state index in [1.165, 1.54) is 62.6 Å². The van der Waals surface area contributed by atoms with Crippen LogP contribution in [0.1, 0.15) is 103 Å². The van der Waals surface area contributed by atoms with Gasteiger partial charge in [-0.05, 0) is 37.5 Å². The highest BCUT2D eigenvalue weighted by Gasteiger charge is 2.20. The van der Waals surface area contributed by atoms with Crippen LogP contribution in [-0.2, 0) is 17.9 Å². The lowest BCUT2D eigenvalue weighted by molar-refractivity contribution is -0.134. The fourth-order valence-corrected chi connectivity index (χ4v) is 4.14. The summed E-state index contributed by atoms with van der Waals surface area (Å²) >= 11 is 0. The van der Waals surface area contributed by atoms with Crippen molar-refractivity contribution >= 4 is 5.91 Å². The van der Waals surface area contributed by atoms with Gasteiger partial charge in [0.1, 0.15) is 0 Å². The molecular weight excluding hydrogens is 380 g/mol. The van der Waals surface area contributed by atoms with Crippen molar-refractivity contribution < 1.29 is 4.79 Å². The van der Waals surface area contributed by atoms with Crippen LogP contribution in [0.2, 0.25) is 0 Å². The van der Waals surface area contributed by atoms with Crippen molar-refractivity contribution in [1.29, 1.82) is 0 Å². The van der Waals surface area contributed by atoms with Gasteiger partial charge in [0.25, 0.3) is 0 Å². The van der Waals surface area contributed by atoms with Gasteiger partial charge in [-0.2, -0.15) is 0 Å². The zero-order valence-electron chi connectivity index (χ0n) is 20.2. The minimum atomic E-state index is 0.270. The monoisotopic (exact) mass is 424 g/mol. The van der Waals surface area contributed by atoms with E-state index >= 15 is 0 Å². The van der Waals surface area contributed by atoms with E-state index in [1.54, 1.807) is 0 Å². The van der Waals surface area contributed by atoms with Crippen LogP contribution in [0.3, 0.4) is 0 Å². The second-order valence-electron chi connectivity index (χ2n) is 8.97. The van der Waals surface area contributed by atoms with Gasteiger partial charge in [-0.3, -0.25) is 4.79 Å². The number of benzene rings is 1. The summed E-state index contributed by atoms with van der Waals surface area (Å²) in [6.07, 6.45) is 15.4. The highest BCUT2D eigenvalue weighted by molar-refractivity contribution is 5.76. The van der Waals surface area contributed by atoms with Crippen molar-refractivity contribution in [3.63, 3.8) is 0 Å². The molecule has 0 bridgehead atoms. The summed E-state index contributed by atoms with van der Waals surface area (Å²) in [5.41, 5.74) is 2.50. The largest absolute Gasteiger partial charge is 0.345 e. The Hall–Kier alpha value is -2.03. The van der Waals surface area contributed by atoms with Gasteiger partial charge in [-0.1, -0.05) is 95.5 Å². The topological polar surface area (TPSA) is 25.2 Å². The van der Waals surface area contributed by atoms with E-state index in [0.29, 0.717) is 18.9 Å². The molecule has 0 fully saturated rings. The molecule has 2 rings (SSSR count). The van der Waals surface area contributed by atoms with Gasteiger partial charge in [-0.15, -0.1) is 0 Å². The Morgan fingerprint density at radius 3 is 2.16 bits per heavy atom. The highest BCUT2D eigenvalue weighted by atomic mass is 16.2. The van der Waals surface area contributed by atoms with Gasteiger partial charge < -0.3 is 9.47 Å². The Bertz CT molecular complexity index is 722. The third-order valence-electron chi connectivity index (χ3n) is 6.39. The van der Waals surface area contributed by atoms with Crippen LogP contribution in [0.25, 0.3) is 0 Å². The summed E-state index contributed by atoms with van der Waals surface area (Å²) in [7, 11) is 0. The van der Waals surface area contributed by atoms with Crippen molar-refractivity contribution in [2.24, 2.45) is 0 Å². The first kappa shape index (κ1) is 25.2. The fourth-order valence-electron chi connectivity index (χ4n) is 4.14. The lowest BCUT2D eigenvalue weighted by atomic mass is 10.1. The number of carbonyl (C=O) groups excluding carboxylic acids is 1. The van der Waals surface area contributed by atoms with Crippen LogP contribution in [0.5, 0.6) is 0 Å². The molecule has 1 aromatic heterocycles. The summed E-state index contributed by atoms with van der Waals surface area (Å²) in [4.78, 5) is 15.2. The number of rotatable bonds is 16. The lowest BCUT2D eigenvalue weighted by Crippen LogP contribution is -2.38. The zero-order chi connectivity index (χ0) is 22.3. The van der Waals surface area contributed by atoms with Gasteiger partial charge in [-0.25, -0.2) is 0 Å². The second-order valence-corrected chi connectivity index (χ2v) is 8.97. The molecule has 0 spiro atoms. The average molecular weight is 425 g/mol. The fraction of sp³-hybridized carbons (Fsp3) is 0.607. The van der Waals surface area contributed by atoms with Gasteiger partial charge in [0.2, 0.25) is 5.91 Å². The first-order valence-electron chi connectivity index (χ1n) is 12.6. The predicted molar refractivity (Wildman–Crippen MR) is 132 cm³/mol. The maximum absolute atomic E-state index is 13.1. The first-order valence-corrected chi connectivity index (χ1v) is 12.6. The molecule has 1 unspecified atom stereocenters. The minimum absolute atomic E-state index is 0.270. The van der Waals surface area contributed by atoms with Crippen molar-refractivity contribution in [2.45, 2.75) is 111 Å². The Morgan fingerprint density at radius 2 is 1.52 bits per heavy atom. The molecule has 0 N–H and O–H groups in total. The zero-order valence-corrected chi connectivity index (χ0v) is 20.2. The molecule has 3 heteroatoms. The van der Waals surface area contributed by atoms with Crippen LogP contribution in [-0.4, -0.2) is 21.4 Å². The van der Waals surface area contributed by atoms with E-state index in [4.69, 9.17) is 0 Å².